The molecule has 0 aromatic heterocycles. The molecule has 150 valence electrons. The summed E-state index contributed by atoms with van der Waals surface area (Å²) in [5, 5.41) is 0. The van der Waals surface area contributed by atoms with Crippen LogP contribution in [0.25, 0.3) is 0 Å². The molecule has 6 nitrogen and oxygen atoms in total. The van der Waals surface area contributed by atoms with Gasteiger partial charge in [0.25, 0.3) is 0 Å². The lowest BCUT2D eigenvalue weighted by molar-refractivity contribution is 0.335. The molecule has 0 bridgehead atoms. The van der Waals surface area contributed by atoms with Gasteiger partial charge in [-0.1, -0.05) is 34.9 Å². The molecule has 0 radical (unpaired) electrons. The third-order valence-electron chi connectivity index (χ3n) is 4.02. The van der Waals surface area contributed by atoms with Crippen molar-refractivity contribution in [1.29, 1.82) is 0 Å². The Morgan fingerprint density at radius 1 is 0.846 bits per heavy atom. The van der Waals surface area contributed by atoms with Crippen LogP contribution in [0, 0.1) is 0 Å². The summed E-state index contributed by atoms with van der Waals surface area (Å²) in [4.78, 5) is 19.0. The lowest BCUT2D eigenvalue weighted by atomic mass is 10.1. The van der Waals surface area contributed by atoms with Gasteiger partial charge in [0, 0.05) is 6.16 Å². The molecule has 1 rings (SSSR count). The summed E-state index contributed by atoms with van der Waals surface area (Å²) in [6.45, 7) is 8.19. The first kappa shape index (κ1) is 23.8. The maximum Gasteiger partial charge on any atom is 0.342 e. The van der Waals surface area contributed by atoms with E-state index in [1.807, 2.05) is 6.92 Å². The minimum absolute atomic E-state index is 0.0561. The first-order valence-corrected chi connectivity index (χ1v) is 14.5. The van der Waals surface area contributed by atoms with Crippen molar-refractivity contribution in [1.82, 2.24) is 0 Å². The number of rotatable bonds is 8. The van der Waals surface area contributed by atoms with Gasteiger partial charge in [0.05, 0.1) is 0 Å². The van der Waals surface area contributed by atoms with Crippen LogP contribution in [-0.4, -0.2) is 27.8 Å². The summed E-state index contributed by atoms with van der Waals surface area (Å²) in [5.74, 6) is -1.06. The highest BCUT2D eigenvalue weighted by molar-refractivity contribution is 7.88. The van der Waals surface area contributed by atoms with Gasteiger partial charge in [-0.15, -0.1) is 0 Å². The Bertz CT molecular complexity index is 703. The van der Waals surface area contributed by atoms with Gasteiger partial charge in [-0.25, -0.2) is 4.31 Å². The first-order valence-electron chi connectivity index (χ1n) is 8.69. The lowest BCUT2D eigenvalue weighted by Gasteiger charge is -2.28. The van der Waals surface area contributed by atoms with E-state index in [2.05, 4.69) is 37.2 Å². The van der Waals surface area contributed by atoms with Crippen LogP contribution < -0.4 is 0 Å². The van der Waals surface area contributed by atoms with Gasteiger partial charge in [-0.3, -0.25) is 9.13 Å². The van der Waals surface area contributed by atoms with E-state index >= 15 is 0 Å². The normalized spacial score (nSPS) is 33.2. The van der Waals surface area contributed by atoms with Gasteiger partial charge < -0.3 is 14.4 Å². The molecule has 0 aromatic carbocycles. The van der Waals surface area contributed by atoms with E-state index in [0.29, 0.717) is 0 Å². The molecule has 1 heterocycles. The van der Waals surface area contributed by atoms with E-state index in [0.717, 1.165) is 31.3 Å². The van der Waals surface area contributed by atoms with Gasteiger partial charge in [0.1, 0.15) is 18.9 Å². The standard InChI is InChI=1S/C17H31O6P3/c1-15(2)7-5-8-16(3)9-6-10-17(4)11-12-24(18)13-25(19,20)23-26(21,22)14-24/h7,9,11H,5-6,8,10,12-14H2,1-4H3,(H,19,20)(H,21,22). The molecule has 0 amide bonds. The van der Waals surface area contributed by atoms with Gasteiger partial charge in [0.15, 0.2) is 0 Å². The van der Waals surface area contributed by atoms with E-state index < -0.39 is 34.1 Å². The smallest absolute Gasteiger partial charge is 0.324 e. The summed E-state index contributed by atoms with van der Waals surface area (Å²) in [7, 11) is -11.8. The van der Waals surface area contributed by atoms with Crippen LogP contribution in [0.2, 0.25) is 0 Å². The van der Waals surface area contributed by atoms with Gasteiger partial charge >= 0.3 is 15.2 Å². The van der Waals surface area contributed by atoms with Gasteiger partial charge in [0.2, 0.25) is 0 Å². The molecule has 0 saturated carbocycles. The first-order chi connectivity index (χ1) is 11.8. The molecule has 1 aliphatic rings. The Hall–Kier alpha value is -0.210. The van der Waals surface area contributed by atoms with Crippen molar-refractivity contribution in [2.24, 2.45) is 0 Å². The average molecular weight is 424 g/mol. The zero-order valence-electron chi connectivity index (χ0n) is 16.1. The molecule has 0 aliphatic carbocycles. The molecule has 1 fully saturated rings. The fourth-order valence-electron chi connectivity index (χ4n) is 2.72. The predicted octanol–water partition coefficient (Wildman–Crippen LogP) is 6.08. The fraction of sp³-hybridized carbons (Fsp3) is 0.647. The van der Waals surface area contributed by atoms with E-state index in [-0.39, 0.29) is 6.16 Å². The van der Waals surface area contributed by atoms with Gasteiger partial charge in [-0.05, 0) is 53.4 Å². The largest absolute Gasteiger partial charge is 0.342 e. The number of hydrogen-bond donors (Lipinski definition) is 2. The topological polar surface area (TPSA) is 101 Å². The van der Waals surface area contributed by atoms with Crippen molar-refractivity contribution < 1.29 is 27.8 Å². The maximum atomic E-state index is 12.7. The Kier molecular flexibility index (Phi) is 9.00. The van der Waals surface area contributed by atoms with Crippen LogP contribution in [0.15, 0.2) is 34.9 Å². The Morgan fingerprint density at radius 2 is 1.31 bits per heavy atom. The van der Waals surface area contributed by atoms with E-state index in [9.17, 15) is 23.5 Å². The summed E-state index contributed by atoms with van der Waals surface area (Å²) in [6, 6.07) is 0. The van der Waals surface area contributed by atoms with Crippen molar-refractivity contribution in [3.8, 4) is 0 Å². The second-order valence-corrected chi connectivity index (χ2v) is 15.3. The van der Waals surface area contributed by atoms with Crippen molar-refractivity contribution >= 4 is 22.3 Å². The lowest BCUT2D eigenvalue weighted by Crippen LogP contribution is -2.09. The molecule has 2 N–H and O–H groups in total. The summed E-state index contributed by atoms with van der Waals surface area (Å²) in [5.41, 5.74) is 3.66. The van der Waals surface area contributed by atoms with Gasteiger partial charge in [-0.2, -0.15) is 0 Å². The molecule has 1 saturated heterocycles. The molecule has 9 heteroatoms. The van der Waals surface area contributed by atoms with Crippen LogP contribution in [0.1, 0.15) is 53.4 Å². The van der Waals surface area contributed by atoms with Crippen LogP contribution in [0.3, 0.4) is 0 Å². The second-order valence-electron chi connectivity index (χ2n) is 7.34. The molecule has 2 unspecified atom stereocenters. The molecular formula is C17H31O6P3. The highest BCUT2D eigenvalue weighted by atomic mass is 31.3. The SMILES string of the molecule is CC(C)=CCCC(C)=CCCC(C)=CCP1(=O)CP(=O)(O)OP(=O)(O)C1. The van der Waals surface area contributed by atoms with Crippen molar-refractivity contribution in [3.05, 3.63) is 34.9 Å². The molecule has 1 aliphatic heterocycles. The Morgan fingerprint density at radius 3 is 1.81 bits per heavy atom. The second kappa shape index (κ2) is 9.82. The predicted molar refractivity (Wildman–Crippen MR) is 108 cm³/mol. The highest BCUT2D eigenvalue weighted by Gasteiger charge is 2.48. The van der Waals surface area contributed by atoms with Crippen LogP contribution >= 0.6 is 22.3 Å². The zero-order valence-corrected chi connectivity index (χ0v) is 18.7. The minimum atomic E-state index is -4.26. The quantitative estimate of drug-likeness (QED) is 0.361. The average Bonchev–Trinajstić information content (AvgIpc) is 2.41. The van der Waals surface area contributed by atoms with Crippen molar-refractivity contribution in [3.63, 3.8) is 0 Å². The van der Waals surface area contributed by atoms with E-state index in [1.165, 1.54) is 11.1 Å². The summed E-state index contributed by atoms with van der Waals surface area (Å²) >= 11 is 0. The Balaban J connectivity index is 2.55. The molecule has 2 atom stereocenters. The van der Waals surface area contributed by atoms with Crippen LogP contribution in [-0.2, 0) is 18.0 Å². The fourth-order valence-corrected chi connectivity index (χ4v) is 13.6. The molecular weight excluding hydrogens is 393 g/mol. The molecule has 26 heavy (non-hydrogen) atoms. The van der Waals surface area contributed by atoms with Crippen LogP contribution in [0.5, 0.6) is 0 Å². The number of hydrogen-bond acceptors (Lipinski definition) is 4. The van der Waals surface area contributed by atoms with E-state index in [1.54, 1.807) is 6.08 Å². The third-order valence-corrected chi connectivity index (χ3v) is 13.9. The summed E-state index contributed by atoms with van der Waals surface area (Å²) in [6.07, 6.45) is 9.95. The van der Waals surface area contributed by atoms with E-state index in [4.69, 9.17) is 0 Å². The number of allylic oxidation sites excluding steroid dienone is 6. The third kappa shape index (κ3) is 9.65. The monoisotopic (exact) mass is 424 g/mol. The van der Waals surface area contributed by atoms with Crippen molar-refractivity contribution in [2.45, 2.75) is 53.4 Å². The maximum absolute atomic E-state index is 12.7. The summed E-state index contributed by atoms with van der Waals surface area (Å²) < 4.78 is 40.4. The zero-order chi connectivity index (χ0) is 20.0. The van der Waals surface area contributed by atoms with Crippen molar-refractivity contribution in [2.75, 3.05) is 18.0 Å². The highest BCUT2D eigenvalue weighted by Crippen LogP contribution is 2.77. The Labute approximate surface area is 156 Å². The molecule has 0 aromatic rings. The molecule has 0 spiro atoms. The van der Waals surface area contributed by atoms with Crippen LogP contribution in [0.4, 0.5) is 0 Å². The minimum Gasteiger partial charge on any atom is -0.324 e.